The van der Waals surface area contributed by atoms with E-state index in [1.165, 1.54) is 6.07 Å². The summed E-state index contributed by atoms with van der Waals surface area (Å²) in [5.41, 5.74) is 5.24. The van der Waals surface area contributed by atoms with Crippen molar-refractivity contribution in [3.05, 3.63) is 38.3 Å². The van der Waals surface area contributed by atoms with Crippen LogP contribution in [0.1, 0.15) is 25.8 Å². The molecule has 3 N–H and O–H groups in total. The molecule has 0 saturated heterocycles. The molecule has 1 aromatic carbocycles. The van der Waals surface area contributed by atoms with E-state index in [4.69, 9.17) is 5.73 Å². The quantitative estimate of drug-likeness (QED) is 0.616. The molecule has 0 radical (unpaired) electrons. The zero-order chi connectivity index (χ0) is 14.6. The first-order chi connectivity index (χ1) is 8.71. The van der Waals surface area contributed by atoms with Gasteiger partial charge in [-0.3, -0.25) is 14.9 Å². The maximum absolute atomic E-state index is 10.9. The van der Waals surface area contributed by atoms with Gasteiger partial charge in [-0.2, -0.15) is 0 Å². The van der Waals surface area contributed by atoms with Crippen LogP contribution in [0.5, 0.6) is 0 Å². The topological polar surface area (TPSA) is 98.3 Å². The predicted molar refractivity (Wildman–Crippen MR) is 75.5 cm³/mol. The van der Waals surface area contributed by atoms with E-state index in [1.54, 1.807) is 12.1 Å². The van der Waals surface area contributed by atoms with Crippen LogP contribution in [-0.4, -0.2) is 16.4 Å². The zero-order valence-electron chi connectivity index (χ0n) is 10.8. The van der Waals surface area contributed by atoms with Gasteiger partial charge in [0.25, 0.3) is 5.69 Å². The molecule has 0 aliphatic heterocycles. The number of carbonyl (C=O) groups excluding carboxylic acids is 1. The Morgan fingerprint density at radius 1 is 1.53 bits per heavy atom. The van der Waals surface area contributed by atoms with Gasteiger partial charge >= 0.3 is 0 Å². The van der Waals surface area contributed by atoms with Gasteiger partial charge in [0.2, 0.25) is 5.91 Å². The van der Waals surface area contributed by atoms with E-state index in [0.717, 1.165) is 4.47 Å². The Kier molecular flexibility index (Phi) is 5.02. The van der Waals surface area contributed by atoms with E-state index < -0.39 is 16.4 Å². The van der Waals surface area contributed by atoms with Crippen molar-refractivity contribution < 1.29 is 9.72 Å². The van der Waals surface area contributed by atoms with E-state index in [9.17, 15) is 14.9 Å². The molecule has 19 heavy (non-hydrogen) atoms. The van der Waals surface area contributed by atoms with Crippen LogP contribution in [0.3, 0.4) is 0 Å². The molecular formula is C12H16BrN3O3. The number of benzene rings is 1. The maximum atomic E-state index is 10.9. The van der Waals surface area contributed by atoms with Gasteiger partial charge < -0.3 is 11.1 Å². The lowest BCUT2D eigenvalue weighted by atomic mass is 9.99. The van der Waals surface area contributed by atoms with Crippen LogP contribution >= 0.6 is 15.9 Å². The van der Waals surface area contributed by atoms with E-state index >= 15 is 0 Å². The highest BCUT2D eigenvalue weighted by Gasteiger charge is 2.22. The molecule has 104 valence electrons. The maximum Gasteiger partial charge on any atom is 0.273 e. The minimum absolute atomic E-state index is 0.0468. The summed E-state index contributed by atoms with van der Waals surface area (Å²) >= 11 is 3.28. The van der Waals surface area contributed by atoms with Crippen molar-refractivity contribution in [2.45, 2.75) is 32.4 Å². The number of carbonyl (C=O) groups is 1. The van der Waals surface area contributed by atoms with Crippen molar-refractivity contribution in [1.29, 1.82) is 0 Å². The molecule has 1 aromatic rings. The van der Waals surface area contributed by atoms with Gasteiger partial charge in [-0.25, -0.2) is 0 Å². The minimum atomic E-state index is -0.512. The molecule has 0 bridgehead atoms. The number of rotatable bonds is 6. The molecule has 0 fully saturated rings. The SMILES string of the molecule is CC(C)(CC(N)=O)NCc1cc(Br)ccc1[N+](=O)[O-]. The van der Waals surface area contributed by atoms with Gasteiger partial charge in [0, 0.05) is 34.6 Å². The minimum Gasteiger partial charge on any atom is -0.370 e. The number of nitro benzene ring substituents is 1. The molecule has 0 aromatic heterocycles. The fourth-order valence-electron chi connectivity index (χ4n) is 1.71. The standard InChI is InChI=1S/C12H16BrN3O3/c1-12(2,6-11(14)17)15-7-8-5-9(13)3-4-10(8)16(18)19/h3-5,15H,6-7H2,1-2H3,(H2,14,17). The Morgan fingerprint density at radius 2 is 2.16 bits per heavy atom. The second-order valence-electron chi connectivity index (χ2n) is 4.91. The fraction of sp³-hybridized carbons (Fsp3) is 0.417. The lowest BCUT2D eigenvalue weighted by molar-refractivity contribution is -0.385. The number of amides is 1. The van der Waals surface area contributed by atoms with E-state index in [-0.39, 0.29) is 18.7 Å². The average Bonchev–Trinajstić information content (AvgIpc) is 2.24. The van der Waals surface area contributed by atoms with Crippen molar-refractivity contribution in [2.24, 2.45) is 5.73 Å². The summed E-state index contributed by atoms with van der Waals surface area (Å²) in [7, 11) is 0. The van der Waals surface area contributed by atoms with Gasteiger partial charge in [0.15, 0.2) is 0 Å². The molecule has 6 nitrogen and oxygen atoms in total. The summed E-state index contributed by atoms with van der Waals surface area (Å²) in [6, 6.07) is 4.75. The van der Waals surface area contributed by atoms with Crippen molar-refractivity contribution in [3.63, 3.8) is 0 Å². The first kappa shape index (κ1) is 15.6. The third-order valence-corrected chi connectivity index (χ3v) is 3.11. The Balaban J connectivity index is 2.85. The second-order valence-corrected chi connectivity index (χ2v) is 5.83. The monoisotopic (exact) mass is 329 g/mol. The number of nitro groups is 1. The lowest BCUT2D eigenvalue weighted by Crippen LogP contribution is -2.42. The lowest BCUT2D eigenvalue weighted by Gasteiger charge is -2.24. The van der Waals surface area contributed by atoms with Crippen LogP contribution in [-0.2, 0) is 11.3 Å². The van der Waals surface area contributed by atoms with Crippen LogP contribution in [0.4, 0.5) is 5.69 Å². The molecule has 1 amide bonds. The third-order valence-electron chi connectivity index (χ3n) is 2.61. The van der Waals surface area contributed by atoms with Crippen LogP contribution < -0.4 is 11.1 Å². The smallest absolute Gasteiger partial charge is 0.273 e. The Bertz CT molecular complexity index is 503. The van der Waals surface area contributed by atoms with Gasteiger partial charge in [-0.15, -0.1) is 0 Å². The molecule has 7 heteroatoms. The van der Waals surface area contributed by atoms with Crippen molar-refractivity contribution >= 4 is 27.5 Å². The van der Waals surface area contributed by atoms with E-state index in [2.05, 4.69) is 21.2 Å². The summed E-state index contributed by atoms with van der Waals surface area (Å²) in [6.45, 7) is 3.93. The Hall–Kier alpha value is -1.47. The normalized spacial score (nSPS) is 11.3. The molecule has 0 heterocycles. The molecule has 0 unspecified atom stereocenters. The number of nitrogens with one attached hydrogen (secondary N) is 1. The van der Waals surface area contributed by atoms with E-state index in [1.807, 2.05) is 13.8 Å². The first-order valence-electron chi connectivity index (χ1n) is 5.67. The Morgan fingerprint density at radius 3 is 2.68 bits per heavy atom. The highest BCUT2D eigenvalue weighted by Crippen LogP contribution is 2.23. The molecule has 1 rings (SSSR count). The molecule has 0 aliphatic carbocycles. The van der Waals surface area contributed by atoms with Gasteiger partial charge in [-0.05, 0) is 26.0 Å². The number of hydrogen-bond acceptors (Lipinski definition) is 4. The number of halogens is 1. The predicted octanol–water partition coefficient (Wildman–Crippen LogP) is 2.10. The van der Waals surface area contributed by atoms with Gasteiger partial charge in [-0.1, -0.05) is 15.9 Å². The second kappa shape index (κ2) is 6.12. The van der Waals surface area contributed by atoms with Crippen molar-refractivity contribution in [3.8, 4) is 0 Å². The summed E-state index contributed by atoms with van der Waals surface area (Å²) < 4.78 is 0.766. The molecule has 0 aliphatic rings. The third kappa shape index (κ3) is 4.96. The summed E-state index contributed by atoms with van der Waals surface area (Å²) in [5.74, 6) is -0.416. The Labute approximate surface area is 119 Å². The number of primary amides is 1. The van der Waals surface area contributed by atoms with Crippen LogP contribution in [0.2, 0.25) is 0 Å². The van der Waals surface area contributed by atoms with E-state index in [0.29, 0.717) is 5.56 Å². The summed E-state index contributed by atoms with van der Waals surface area (Å²) in [5, 5.41) is 14.0. The molecule has 0 saturated carbocycles. The van der Waals surface area contributed by atoms with Crippen molar-refractivity contribution in [1.82, 2.24) is 5.32 Å². The van der Waals surface area contributed by atoms with Gasteiger partial charge in [0.1, 0.15) is 0 Å². The summed E-state index contributed by atoms with van der Waals surface area (Å²) in [6.07, 6.45) is 0.162. The summed E-state index contributed by atoms with van der Waals surface area (Å²) in [4.78, 5) is 21.4. The first-order valence-corrected chi connectivity index (χ1v) is 6.47. The van der Waals surface area contributed by atoms with Crippen LogP contribution in [0, 0.1) is 10.1 Å². The average molecular weight is 330 g/mol. The molecule has 0 spiro atoms. The highest BCUT2D eigenvalue weighted by molar-refractivity contribution is 9.10. The fourth-order valence-corrected chi connectivity index (χ4v) is 2.11. The molecule has 0 atom stereocenters. The van der Waals surface area contributed by atoms with Crippen LogP contribution in [0.15, 0.2) is 22.7 Å². The zero-order valence-corrected chi connectivity index (χ0v) is 12.4. The highest BCUT2D eigenvalue weighted by atomic mass is 79.9. The number of nitrogens with two attached hydrogens (primary N) is 1. The van der Waals surface area contributed by atoms with Crippen molar-refractivity contribution in [2.75, 3.05) is 0 Å². The van der Waals surface area contributed by atoms with Gasteiger partial charge in [0.05, 0.1) is 4.92 Å². The number of nitrogens with zero attached hydrogens (tertiary/aromatic N) is 1. The molecular weight excluding hydrogens is 314 g/mol. The largest absolute Gasteiger partial charge is 0.370 e. The number of hydrogen-bond donors (Lipinski definition) is 2. The van der Waals surface area contributed by atoms with Crippen LogP contribution in [0.25, 0.3) is 0 Å².